The lowest BCUT2D eigenvalue weighted by atomic mass is 10.1. The summed E-state index contributed by atoms with van der Waals surface area (Å²) in [5.41, 5.74) is 2.83. The SMILES string of the molecule is COc1ccccc1-c1nnn(C)c1C(=O)NCCNc1cc(NC(=O)c2ccc(N(C)C)cc2)c([NH+]([O-])O)cc1Cl. The molecule has 3 aromatic carbocycles. The van der Waals surface area contributed by atoms with Gasteiger partial charge in [0.15, 0.2) is 11.4 Å². The number of aromatic nitrogens is 3. The first-order valence-electron chi connectivity index (χ1n) is 12.8. The largest absolute Gasteiger partial charge is 0.595 e. The summed E-state index contributed by atoms with van der Waals surface area (Å²) in [6, 6.07) is 16.8. The maximum Gasteiger partial charge on any atom is 0.271 e. The highest BCUT2D eigenvalue weighted by Gasteiger charge is 2.22. The van der Waals surface area contributed by atoms with Crippen LogP contribution in [0.25, 0.3) is 11.3 Å². The van der Waals surface area contributed by atoms with Gasteiger partial charge in [-0.2, -0.15) is 5.23 Å². The van der Waals surface area contributed by atoms with Crippen LogP contribution in [0.2, 0.25) is 5.02 Å². The molecule has 0 aliphatic rings. The van der Waals surface area contributed by atoms with Crippen molar-refractivity contribution in [3.8, 4) is 17.0 Å². The summed E-state index contributed by atoms with van der Waals surface area (Å²) < 4.78 is 6.79. The molecule has 1 unspecified atom stereocenters. The van der Waals surface area contributed by atoms with E-state index >= 15 is 0 Å². The molecule has 0 saturated heterocycles. The number of hydrogen-bond donors (Lipinski definition) is 5. The van der Waals surface area contributed by atoms with Crippen molar-refractivity contribution >= 4 is 46.2 Å². The molecule has 13 nitrogen and oxygen atoms in total. The van der Waals surface area contributed by atoms with E-state index in [0.717, 1.165) is 5.69 Å². The maximum atomic E-state index is 13.1. The van der Waals surface area contributed by atoms with Gasteiger partial charge in [-0.3, -0.25) is 9.59 Å². The summed E-state index contributed by atoms with van der Waals surface area (Å²) in [4.78, 5) is 27.8. The van der Waals surface area contributed by atoms with Crippen molar-refractivity contribution in [3.05, 3.63) is 82.2 Å². The molecule has 0 aliphatic heterocycles. The number of benzene rings is 3. The Hall–Kier alpha value is -4.69. The Balaban J connectivity index is 1.44. The summed E-state index contributed by atoms with van der Waals surface area (Å²) in [7, 11) is 6.93. The number of amides is 2. The molecule has 0 spiro atoms. The van der Waals surface area contributed by atoms with Crippen LogP contribution in [-0.4, -0.2) is 66.3 Å². The molecule has 0 radical (unpaired) electrons. The van der Waals surface area contributed by atoms with E-state index in [4.69, 9.17) is 16.3 Å². The van der Waals surface area contributed by atoms with Gasteiger partial charge in [0.25, 0.3) is 11.8 Å². The van der Waals surface area contributed by atoms with E-state index in [2.05, 4.69) is 26.3 Å². The van der Waals surface area contributed by atoms with Gasteiger partial charge in [-0.1, -0.05) is 28.9 Å². The van der Waals surface area contributed by atoms with Crippen molar-refractivity contribution in [2.75, 3.05) is 49.8 Å². The van der Waals surface area contributed by atoms with Gasteiger partial charge in [-0.05, 0) is 42.5 Å². The Labute approximate surface area is 247 Å². The van der Waals surface area contributed by atoms with Crippen molar-refractivity contribution < 1.29 is 24.8 Å². The van der Waals surface area contributed by atoms with Gasteiger partial charge in [0.05, 0.1) is 17.8 Å². The van der Waals surface area contributed by atoms with Crippen molar-refractivity contribution in [2.24, 2.45) is 7.05 Å². The van der Waals surface area contributed by atoms with Crippen molar-refractivity contribution in [2.45, 2.75) is 0 Å². The Kier molecular flexibility index (Phi) is 9.60. The third kappa shape index (κ3) is 6.78. The van der Waals surface area contributed by atoms with Crippen molar-refractivity contribution in [3.63, 3.8) is 0 Å². The molecular formula is C28H31ClN8O5. The number of methoxy groups -OCH3 is 1. The minimum absolute atomic E-state index is 0.0718. The second kappa shape index (κ2) is 13.3. The molecule has 42 heavy (non-hydrogen) atoms. The Morgan fingerprint density at radius 3 is 2.45 bits per heavy atom. The van der Waals surface area contributed by atoms with Crippen molar-refractivity contribution in [1.82, 2.24) is 20.3 Å². The van der Waals surface area contributed by atoms with Gasteiger partial charge in [0.2, 0.25) is 0 Å². The highest BCUT2D eigenvalue weighted by atomic mass is 35.5. The fourth-order valence-electron chi connectivity index (χ4n) is 4.18. The van der Waals surface area contributed by atoms with Gasteiger partial charge in [-0.25, -0.2) is 9.89 Å². The lowest BCUT2D eigenvalue weighted by Crippen LogP contribution is -2.99. The van der Waals surface area contributed by atoms with Crippen LogP contribution in [0.1, 0.15) is 20.8 Å². The molecule has 1 heterocycles. The van der Waals surface area contributed by atoms with Gasteiger partial charge in [0.1, 0.15) is 17.1 Å². The molecule has 1 aromatic heterocycles. The van der Waals surface area contributed by atoms with Crippen LogP contribution in [0, 0.1) is 5.21 Å². The van der Waals surface area contributed by atoms with Crippen LogP contribution in [-0.2, 0) is 7.05 Å². The molecule has 4 rings (SSSR count). The third-order valence-corrected chi connectivity index (χ3v) is 6.67. The van der Waals surface area contributed by atoms with Gasteiger partial charge >= 0.3 is 0 Å². The van der Waals surface area contributed by atoms with Crippen LogP contribution in [0.15, 0.2) is 60.7 Å². The molecule has 0 fully saturated rings. The first kappa shape index (κ1) is 30.3. The van der Waals surface area contributed by atoms with E-state index in [1.165, 1.54) is 23.9 Å². The lowest BCUT2D eigenvalue weighted by Gasteiger charge is -2.19. The standard InChI is InChI=1S/C28H31ClN8O5/c1-35(2)18-11-9-17(10-12-18)27(38)32-22-16-21(20(29)15-23(22)37(40)41)30-13-14-31-28(39)26-25(33-34-36(26)3)19-7-5-6-8-24(19)42-4/h5-12,15-16,30,37,40H,13-14H2,1-4H3,(H,31,39)(H,32,38). The topological polar surface area (TPSA) is 161 Å². The summed E-state index contributed by atoms with van der Waals surface area (Å²) in [5, 5.41) is 37.1. The molecule has 5 N–H and O–H groups in total. The van der Waals surface area contributed by atoms with E-state index in [-0.39, 0.29) is 35.2 Å². The van der Waals surface area contributed by atoms with Crippen molar-refractivity contribution in [1.29, 1.82) is 0 Å². The second-order valence-electron chi connectivity index (χ2n) is 9.37. The fraction of sp³-hybridized carbons (Fsp3) is 0.214. The molecule has 2 amide bonds. The maximum absolute atomic E-state index is 13.1. The normalized spacial score (nSPS) is 11.5. The molecule has 0 aliphatic carbocycles. The monoisotopic (exact) mass is 594 g/mol. The summed E-state index contributed by atoms with van der Waals surface area (Å²) in [6.07, 6.45) is 0. The molecule has 220 valence electrons. The van der Waals surface area contributed by atoms with Gasteiger partial charge < -0.3 is 30.8 Å². The number of aryl methyl sites for hydroxylation is 1. The van der Waals surface area contributed by atoms with Crippen LogP contribution in [0.4, 0.5) is 22.7 Å². The van der Waals surface area contributed by atoms with Gasteiger partial charge in [-0.15, -0.1) is 5.10 Å². The Morgan fingerprint density at radius 2 is 1.79 bits per heavy atom. The van der Waals surface area contributed by atoms with Crippen LogP contribution < -0.4 is 30.8 Å². The van der Waals surface area contributed by atoms with E-state index in [9.17, 15) is 20.0 Å². The predicted octanol–water partition coefficient (Wildman–Crippen LogP) is 2.71. The van der Waals surface area contributed by atoms with E-state index in [1.807, 2.05) is 31.1 Å². The number of ether oxygens (including phenoxy) is 1. The molecule has 0 bridgehead atoms. The molecule has 4 aromatic rings. The minimum Gasteiger partial charge on any atom is -0.595 e. The highest BCUT2D eigenvalue weighted by molar-refractivity contribution is 6.33. The summed E-state index contributed by atoms with van der Waals surface area (Å²) in [6.45, 7) is 0.429. The molecule has 14 heteroatoms. The van der Waals surface area contributed by atoms with Crippen LogP contribution >= 0.6 is 11.6 Å². The lowest BCUT2D eigenvalue weighted by molar-refractivity contribution is -0.990. The van der Waals surface area contributed by atoms with Crippen LogP contribution in [0.5, 0.6) is 5.75 Å². The number of halogens is 1. The summed E-state index contributed by atoms with van der Waals surface area (Å²) >= 11 is 6.34. The van der Waals surface area contributed by atoms with E-state index in [1.54, 1.807) is 43.4 Å². The van der Waals surface area contributed by atoms with Crippen LogP contribution in [0.3, 0.4) is 0 Å². The fourth-order valence-corrected chi connectivity index (χ4v) is 4.42. The number of para-hydroxylation sites is 1. The predicted molar refractivity (Wildman–Crippen MR) is 160 cm³/mol. The number of hydrogen-bond acceptors (Lipinski definition) is 9. The zero-order valence-electron chi connectivity index (χ0n) is 23.4. The number of anilines is 3. The Bertz CT molecular complexity index is 1570. The first-order valence-corrected chi connectivity index (χ1v) is 13.2. The third-order valence-electron chi connectivity index (χ3n) is 6.36. The first-order chi connectivity index (χ1) is 20.1. The molecular weight excluding hydrogens is 564 g/mol. The number of nitrogens with one attached hydrogen (secondary N) is 4. The zero-order chi connectivity index (χ0) is 30.4. The second-order valence-corrected chi connectivity index (χ2v) is 9.78. The zero-order valence-corrected chi connectivity index (χ0v) is 24.2. The average molecular weight is 595 g/mol. The average Bonchev–Trinajstić information content (AvgIpc) is 3.37. The smallest absolute Gasteiger partial charge is 0.271 e. The molecule has 1 atom stereocenters. The molecule has 0 saturated carbocycles. The quantitative estimate of drug-likeness (QED) is 0.130. The summed E-state index contributed by atoms with van der Waals surface area (Å²) in [5.74, 6) is -0.314. The number of quaternary nitrogens is 1. The number of carbonyl (C=O) groups is 2. The Morgan fingerprint density at radius 1 is 1.07 bits per heavy atom. The number of nitrogens with zero attached hydrogens (tertiary/aromatic N) is 4. The number of rotatable bonds is 11. The number of carbonyl (C=O) groups excluding carboxylic acids is 2. The highest BCUT2D eigenvalue weighted by Crippen LogP contribution is 2.32. The minimum atomic E-state index is -1.25. The van der Waals surface area contributed by atoms with E-state index < -0.39 is 17.0 Å². The van der Waals surface area contributed by atoms with E-state index in [0.29, 0.717) is 28.3 Å². The van der Waals surface area contributed by atoms with Gasteiger partial charge in [0, 0.05) is 57.1 Å².